The van der Waals surface area contributed by atoms with Crippen LogP contribution in [0.3, 0.4) is 0 Å². The van der Waals surface area contributed by atoms with E-state index in [1.54, 1.807) is 0 Å². The summed E-state index contributed by atoms with van der Waals surface area (Å²) < 4.78 is 5.50. The zero-order valence-electron chi connectivity index (χ0n) is 16.7. The molecule has 0 aromatic rings. The van der Waals surface area contributed by atoms with Gasteiger partial charge in [0.25, 0.3) is 0 Å². The number of rotatable bonds is 13. The lowest BCUT2D eigenvalue weighted by molar-refractivity contribution is 0.0306. The second-order valence-corrected chi connectivity index (χ2v) is 7.22. The lowest BCUT2D eigenvalue weighted by Gasteiger charge is -2.26. The maximum Gasteiger partial charge on any atom is 0.191 e. The minimum absolute atomic E-state index is 0. The van der Waals surface area contributed by atoms with E-state index in [0.717, 1.165) is 64.4 Å². The van der Waals surface area contributed by atoms with Gasteiger partial charge in [0.2, 0.25) is 0 Å². The highest BCUT2D eigenvalue weighted by molar-refractivity contribution is 14.0. The van der Waals surface area contributed by atoms with Gasteiger partial charge in [-0.3, -0.25) is 4.99 Å². The first kappa shape index (κ1) is 24.9. The van der Waals surface area contributed by atoms with Gasteiger partial charge in [-0.05, 0) is 51.4 Å². The van der Waals surface area contributed by atoms with Crippen molar-refractivity contribution >= 4 is 29.9 Å². The van der Waals surface area contributed by atoms with Crippen molar-refractivity contribution in [2.45, 2.75) is 78.2 Å². The van der Waals surface area contributed by atoms with E-state index in [9.17, 15) is 5.11 Å². The van der Waals surface area contributed by atoms with Crippen LogP contribution in [-0.2, 0) is 4.74 Å². The fourth-order valence-electron chi connectivity index (χ4n) is 3.18. The van der Waals surface area contributed by atoms with Crippen LogP contribution >= 0.6 is 24.0 Å². The predicted molar refractivity (Wildman–Crippen MR) is 117 cm³/mol. The molecule has 3 N–H and O–H groups in total. The molecule has 0 spiro atoms. The summed E-state index contributed by atoms with van der Waals surface area (Å²) in [5.74, 6) is 0.825. The van der Waals surface area contributed by atoms with Crippen LogP contribution in [0.4, 0.5) is 0 Å². The summed E-state index contributed by atoms with van der Waals surface area (Å²) >= 11 is 0. The van der Waals surface area contributed by atoms with E-state index in [4.69, 9.17) is 4.74 Å². The summed E-state index contributed by atoms with van der Waals surface area (Å²) in [6.07, 6.45) is 7.23. The summed E-state index contributed by atoms with van der Waals surface area (Å²) in [6, 6.07) is 0. The van der Waals surface area contributed by atoms with Crippen LogP contribution in [0.25, 0.3) is 0 Å². The summed E-state index contributed by atoms with van der Waals surface area (Å²) in [6.45, 7) is 12.2. The molecular weight excluding hydrogens is 429 g/mol. The van der Waals surface area contributed by atoms with Gasteiger partial charge in [0, 0.05) is 26.3 Å². The third-order valence-corrected chi connectivity index (χ3v) is 4.88. The third kappa shape index (κ3) is 9.99. The van der Waals surface area contributed by atoms with E-state index in [0.29, 0.717) is 12.0 Å². The summed E-state index contributed by atoms with van der Waals surface area (Å²) in [5, 5.41) is 17.5. The van der Waals surface area contributed by atoms with E-state index < -0.39 is 5.60 Å². The van der Waals surface area contributed by atoms with E-state index in [-0.39, 0.29) is 24.0 Å². The van der Waals surface area contributed by atoms with E-state index in [1.807, 2.05) is 6.92 Å². The van der Waals surface area contributed by atoms with Gasteiger partial charge < -0.3 is 20.5 Å². The highest BCUT2D eigenvalue weighted by Gasteiger charge is 2.42. The Morgan fingerprint density at radius 2 is 1.76 bits per heavy atom. The van der Waals surface area contributed by atoms with Gasteiger partial charge in [-0.2, -0.15) is 0 Å². The Morgan fingerprint density at radius 1 is 1.12 bits per heavy atom. The molecule has 0 amide bonds. The summed E-state index contributed by atoms with van der Waals surface area (Å²) in [4.78, 5) is 4.66. The number of hydrogen-bond acceptors (Lipinski definition) is 3. The first-order valence-electron chi connectivity index (χ1n) is 9.85. The topological polar surface area (TPSA) is 65.9 Å². The van der Waals surface area contributed by atoms with Gasteiger partial charge in [-0.1, -0.05) is 26.7 Å². The molecule has 150 valence electrons. The zero-order chi connectivity index (χ0) is 17.9. The largest absolute Gasteiger partial charge is 0.388 e. The van der Waals surface area contributed by atoms with Crippen molar-refractivity contribution < 1.29 is 9.84 Å². The standard InChI is InChI=1S/C19H39N3O2.HI/c1-5-9-19(23,10-6-2)16-22-17(20-7-3)21-15-18(11-12-18)13-14-24-8-4;/h23H,5-16H2,1-4H3,(H2,20,21,22);1H. The average Bonchev–Trinajstić information content (AvgIpc) is 3.31. The molecule has 0 bridgehead atoms. The van der Waals surface area contributed by atoms with E-state index >= 15 is 0 Å². The maximum atomic E-state index is 10.7. The summed E-state index contributed by atoms with van der Waals surface area (Å²) in [7, 11) is 0. The molecular formula is C19H40IN3O2. The van der Waals surface area contributed by atoms with Crippen molar-refractivity contribution in [2.75, 3.05) is 32.8 Å². The number of halogens is 1. The van der Waals surface area contributed by atoms with Gasteiger partial charge in [0.05, 0.1) is 12.1 Å². The monoisotopic (exact) mass is 469 g/mol. The fourth-order valence-corrected chi connectivity index (χ4v) is 3.18. The van der Waals surface area contributed by atoms with Crippen molar-refractivity contribution in [1.29, 1.82) is 0 Å². The Labute approximate surface area is 171 Å². The molecule has 0 atom stereocenters. The Hall–Kier alpha value is -0.0800. The number of ether oxygens (including phenoxy) is 1. The van der Waals surface area contributed by atoms with Crippen molar-refractivity contribution in [3.8, 4) is 0 Å². The molecule has 5 nitrogen and oxygen atoms in total. The van der Waals surface area contributed by atoms with E-state index in [1.165, 1.54) is 12.8 Å². The molecule has 1 aliphatic rings. The third-order valence-electron chi connectivity index (χ3n) is 4.88. The van der Waals surface area contributed by atoms with Crippen molar-refractivity contribution in [1.82, 2.24) is 10.6 Å². The van der Waals surface area contributed by atoms with Crippen LogP contribution in [-0.4, -0.2) is 49.5 Å². The zero-order valence-corrected chi connectivity index (χ0v) is 19.0. The van der Waals surface area contributed by atoms with Gasteiger partial charge in [-0.15, -0.1) is 24.0 Å². The Morgan fingerprint density at radius 3 is 2.24 bits per heavy atom. The molecule has 0 saturated heterocycles. The Balaban J connectivity index is 0.00000576. The lowest BCUT2D eigenvalue weighted by Crippen LogP contribution is -2.42. The van der Waals surface area contributed by atoms with Crippen molar-refractivity contribution in [3.63, 3.8) is 0 Å². The van der Waals surface area contributed by atoms with Gasteiger partial charge in [0.1, 0.15) is 0 Å². The van der Waals surface area contributed by atoms with Gasteiger partial charge >= 0.3 is 0 Å². The maximum absolute atomic E-state index is 10.7. The lowest BCUT2D eigenvalue weighted by atomic mass is 9.93. The highest BCUT2D eigenvalue weighted by atomic mass is 127. The van der Waals surface area contributed by atoms with Crippen LogP contribution in [0.5, 0.6) is 0 Å². The van der Waals surface area contributed by atoms with Gasteiger partial charge in [-0.25, -0.2) is 0 Å². The molecule has 0 aliphatic heterocycles. The molecule has 0 aromatic carbocycles. The number of aliphatic hydroxyl groups is 1. The SMILES string of the molecule is CCCC(O)(CCC)CN=C(NCC)NCC1(CCOCC)CC1.I. The fraction of sp³-hybridized carbons (Fsp3) is 0.947. The highest BCUT2D eigenvalue weighted by Crippen LogP contribution is 2.48. The quantitative estimate of drug-likeness (QED) is 0.167. The van der Waals surface area contributed by atoms with Gasteiger partial charge in [0.15, 0.2) is 5.96 Å². The minimum atomic E-state index is -0.669. The van der Waals surface area contributed by atoms with Crippen LogP contribution < -0.4 is 10.6 Å². The first-order valence-corrected chi connectivity index (χ1v) is 9.85. The number of aliphatic imine (C=N–C) groups is 1. The first-order chi connectivity index (χ1) is 11.5. The smallest absolute Gasteiger partial charge is 0.191 e. The predicted octanol–water partition coefficient (Wildman–Crippen LogP) is 3.70. The number of nitrogens with one attached hydrogen (secondary N) is 2. The molecule has 1 fully saturated rings. The van der Waals surface area contributed by atoms with Crippen LogP contribution in [0.1, 0.15) is 72.6 Å². The number of hydrogen-bond donors (Lipinski definition) is 3. The average molecular weight is 469 g/mol. The Kier molecular flexibility index (Phi) is 13.1. The van der Waals surface area contributed by atoms with Crippen LogP contribution in [0.15, 0.2) is 4.99 Å². The molecule has 1 aliphatic carbocycles. The second kappa shape index (κ2) is 13.1. The molecule has 25 heavy (non-hydrogen) atoms. The molecule has 0 radical (unpaired) electrons. The van der Waals surface area contributed by atoms with E-state index in [2.05, 4.69) is 36.4 Å². The normalized spacial score (nSPS) is 16.3. The molecule has 6 heteroatoms. The van der Waals surface area contributed by atoms with Crippen molar-refractivity contribution in [2.24, 2.45) is 10.4 Å². The molecule has 0 heterocycles. The number of guanidine groups is 1. The van der Waals surface area contributed by atoms with Crippen LogP contribution in [0.2, 0.25) is 0 Å². The molecule has 1 saturated carbocycles. The summed E-state index contributed by atoms with van der Waals surface area (Å²) in [5.41, 5.74) is -0.285. The van der Waals surface area contributed by atoms with Crippen molar-refractivity contribution in [3.05, 3.63) is 0 Å². The molecule has 0 unspecified atom stereocenters. The minimum Gasteiger partial charge on any atom is -0.388 e. The number of nitrogens with zero attached hydrogens (tertiary/aromatic N) is 1. The second-order valence-electron chi connectivity index (χ2n) is 7.22. The van der Waals surface area contributed by atoms with Crippen LogP contribution in [0, 0.1) is 5.41 Å². The molecule has 0 aromatic heterocycles. The Bertz CT molecular complexity index is 368. The molecule has 1 rings (SSSR count).